The molecule has 0 aliphatic heterocycles. The predicted octanol–water partition coefficient (Wildman–Crippen LogP) is 4.14. The highest BCUT2D eigenvalue weighted by molar-refractivity contribution is 5.69. The summed E-state index contributed by atoms with van der Waals surface area (Å²) in [7, 11) is 1.69. The van der Waals surface area contributed by atoms with Gasteiger partial charge in [0, 0.05) is 39.0 Å². The molecule has 0 aliphatic rings. The van der Waals surface area contributed by atoms with Crippen LogP contribution in [0.15, 0.2) is 71.7 Å². The summed E-state index contributed by atoms with van der Waals surface area (Å²) in [5.74, 6) is -0.261. The van der Waals surface area contributed by atoms with E-state index in [0.29, 0.717) is 13.2 Å². The van der Waals surface area contributed by atoms with Gasteiger partial charge in [0.1, 0.15) is 5.82 Å². The van der Waals surface area contributed by atoms with E-state index < -0.39 is 0 Å². The lowest BCUT2D eigenvalue weighted by Crippen LogP contribution is -2.20. The molecule has 3 rings (SSSR count). The largest absolute Gasteiger partial charge is 0.383 e. The number of pyridine rings is 1. The molecule has 0 radical (unpaired) electrons. The Bertz CT molecular complexity index is 1010. The first-order chi connectivity index (χ1) is 14.6. The summed E-state index contributed by atoms with van der Waals surface area (Å²) in [6.07, 6.45) is 6.34. The molecule has 0 amide bonds. The molecule has 0 fully saturated rings. The Hall–Kier alpha value is -3.02. The van der Waals surface area contributed by atoms with Gasteiger partial charge in [-0.3, -0.25) is 4.79 Å². The van der Waals surface area contributed by atoms with Crippen LogP contribution in [0.5, 0.6) is 0 Å². The van der Waals surface area contributed by atoms with Crippen LogP contribution in [0.25, 0.3) is 12.2 Å². The van der Waals surface area contributed by atoms with E-state index in [9.17, 15) is 9.18 Å². The van der Waals surface area contributed by atoms with E-state index in [1.807, 2.05) is 24.4 Å². The molecular formula is C25H27FN2O2. The van der Waals surface area contributed by atoms with Crippen molar-refractivity contribution in [2.45, 2.75) is 19.5 Å². The van der Waals surface area contributed by atoms with Gasteiger partial charge in [-0.25, -0.2) is 4.39 Å². The Kier molecular flexibility index (Phi) is 8.12. The topological polar surface area (TPSA) is 43.3 Å². The molecule has 1 aromatic heterocycles. The summed E-state index contributed by atoms with van der Waals surface area (Å²) in [4.78, 5) is 12.4. The maximum absolute atomic E-state index is 13.0. The lowest BCUT2D eigenvalue weighted by molar-refractivity contribution is 0.199. The highest BCUT2D eigenvalue weighted by Gasteiger charge is 2.00. The zero-order valence-corrected chi connectivity index (χ0v) is 17.2. The van der Waals surface area contributed by atoms with Crippen molar-refractivity contribution in [3.8, 4) is 0 Å². The second-order valence-electron chi connectivity index (χ2n) is 7.11. The Morgan fingerprint density at radius 2 is 1.67 bits per heavy atom. The van der Waals surface area contributed by atoms with Gasteiger partial charge in [-0.2, -0.15) is 0 Å². The van der Waals surface area contributed by atoms with Gasteiger partial charge >= 0.3 is 0 Å². The molecular weight excluding hydrogens is 379 g/mol. The Labute approximate surface area is 176 Å². The normalized spacial score (nSPS) is 11.3. The van der Waals surface area contributed by atoms with Crippen molar-refractivity contribution in [3.63, 3.8) is 0 Å². The number of nitrogens with one attached hydrogen (secondary N) is 1. The minimum absolute atomic E-state index is 0.0322. The standard InChI is InChI=1S/C25H27FN2O2/c1-30-17-14-27-19-23-6-3-21(4-7-23)12-15-28-16-13-22(18-25(28)29)5-2-20-8-10-24(26)11-9-20/h2-11,13,16,18,27H,12,14-15,17,19H2,1H3/b5-2+. The summed E-state index contributed by atoms with van der Waals surface area (Å²) in [5, 5.41) is 3.32. The molecule has 156 valence electrons. The Balaban J connectivity index is 1.53. The number of benzene rings is 2. The third kappa shape index (κ3) is 6.79. The van der Waals surface area contributed by atoms with Gasteiger partial charge in [-0.1, -0.05) is 48.6 Å². The molecule has 4 nitrogen and oxygen atoms in total. The van der Waals surface area contributed by atoms with Crippen molar-refractivity contribution in [1.82, 2.24) is 9.88 Å². The maximum atomic E-state index is 13.0. The molecule has 2 aromatic carbocycles. The van der Waals surface area contributed by atoms with Gasteiger partial charge in [-0.15, -0.1) is 0 Å². The third-order valence-corrected chi connectivity index (χ3v) is 4.83. The number of hydrogen-bond donors (Lipinski definition) is 1. The molecule has 0 bridgehead atoms. The molecule has 0 atom stereocenters. The zero-order valence-electron chi connectivity index (χ0n) is 17.2. The quantitative estimate of drug-likeness (QED) is 0.515. The number of halogens is 1. The van der Waals surface area contributed by atoms with Crippen LogP contribution < -0.4 is 10.9 Å². The van der Waals surface area contributed by atoms with E-state index in [1.165, 1.54) is 23.3 Å². The average Bonchev–Trinajstić information content (AvgIpc) is 2.76. The molecule has 1 heterocycles. The van der Waals surface area contributed by atoms with E-state index in [0.717, 1.165) is 30.6 Å². The van der Waals surface area contributed by atoms with Crippen LogP contribution in [0.4, 0.5) is 4.39 Å². The summed E-state index contributed by atoms with van der Waals surface area (Å²) in [6, 6.07) is 18.2. The van der Waals surface area contributed by atoms with Gasteiger partial charge in [0.2, 0.25) is 0 Å². The zero-order chi connectivity index (χ0) is 21.2. The molecule has 0 spiro atoms. The summed E-state index contributed by atoms with van der Waals surface area (Å²) >= 11 is 0. The molecule has 3 aromatic rings. The molecule has 0 aliphatic carbocycles. The first-order valence-electron chi connectivity index (χ1n) is 10.1. The number of rotatable bonds is 10. The number of aromatic nitrogens is 1. The van der Waals surface area contributed by atoms with Gasteiger partial charge in [0.05, 0.1) is 6.61 Å². The average molecular weight is 407 g/mol. The van der Waals surface area contributed by atoms with Crippen molar-refractivity contribution in [1.29, 1.82) is 0 Å². The van der Waals surface area contributed by atoms with Crippen molar-refractivity contribution in [2.24, 2.45) is 0 Å². The van der Waals surface area contributed by atoms with Gasteiger partial charge in [0.25, 0.3) is 5.56 Å². The van der Waals surface area contributed by atoms with Crippen molar-refractivity contribution >= 4 is 12.2 Å². The number of methoxy groups -OCH3 is 1. The van der Waals surface area contributed by atoms with Crippen molar-refractivity contribution in [2.75, 3.05) is 20.3 Å². The number of ether oxygens (including phenoxy) is 1. The minimum Gasteiger partial charge on any atom is -0.383 e. The van der Waals surface area contributed by atoms with Crippen LogP contribution in [-0.2, 0) is 24.2 Å². The van der Waals surface area contributed by atoms with Crippen LogP contribution in [0.3, 0.4) is 0 Å². The van der Waals surface area contributed by atoms with Crippen LogP contribution in [0.1, 0.15) is 22.3 Å². The molecule has 0 unspecified atom stereocenters. The minimum atomic E-state index is -0.261. The van der Waals surface area contributed by atoms with Gasteiger partial charge < -0.3 is 14.6 Å². The fraction of sp³-hybridized carbons (Fsp3) is 0.240. The second-order valence-corrected chi connectivity index (χ2v) is 7.11. The summed E-state index contributed by atoms with van der Waals surface area (Å²) < 4.78 is 19.7. The van der Waals surface area contributed by atoms with Crippen molar-refractivity contribution < 1.29 is 9.13 Å². The smallest absolute Gasteiger partial charge is 0.251 e. The van der Waals surface area contributed by atoms with Crippen LogP contribution in [-0.4, -0.2) is 24.8 Å². The second kappa shape index (κ2) is 11.2. The number of nitrogens with zero attached hydrogens (tertiary/aromatic N) is 1. The lowest BCUT2D eigenvalue weighted by atomic mass is 10.1. The Morgan fingerprint density at radius 3 is 2.37 bits per heavy atom. The maximum Gasteiger partial charge on any atom is 0.251 e. The lowest BCUT2D eigenvalue weighted by Gasteiger charge is -2.08. The third-order valence-electron chi connectivity index (χ3n) is 4.83. The highest BCUT2D eigenvalue weighted by atomic mass is 19.1. The fourth-order valence-corrected chi connectivity index (χ4v) is 3.06. The van der Waals surface area contributed by atoms with Crippen LogP contribution >= 0.6 is 0 Å². The molecule has 0 saturated carbocycles. The van der Waals surface area contributed by atoms with E-state index >= 15 is 0 Å². The fourth-order valence-electron chi connectivity index (χ4n) is 3.06. The summed E-state index contributed by atoms with van der Waals surface area (Å²) in [5.41, 5.74) is 4.10. The summed E-state index contributed by atoms with van der Waals surface area (Å²) in [6.45, 7) is 2.98. The van der Waals surface area contributed by atoms with Crippen LogP contribution in [0, 0.1) is 5.82 Å². The van der Waals surface area contributed by atoms with Gasteiger partial charge in [0.15, 0.2) is 0 Å². The monoisotopic (exact) mass is 406 g/mol. The van der Waals surface area contributed by atoms with Crippen molar-refractivity contribution in [3.05, 3.63) is 105 Å². The SMILES string of the molecule is COCCNCc1ccc(CCn2ccc(/C=C/c3ccc(F)cc3)cc2=O)cc1. The number of aryl methyl sites for hydroxylation is 2. The van der Waals surface area contributed by atoms with E-state index in [4.69, 9.17) is 4.74 Å². The molecule has 1 N–H and O–H groups in total. The highest BCUT2D eigenvalue weighted by Crippen LogP contribution is 2.09. The first-order valence-corrected chi connectivity index (χ1v) is 10.1. The van der Waals surface area contributed by atoms with Crippen LogP contribution in [0.2, 0.25) is 0 Å². The number of hydrogen-bond acceptors (Lipinski definition) is 3. The van der Waals surface area contributed by atoms with Gasteiger partial charge in [-0.05, 0) is 46.9 Å². The molecule has 30 heavy (non-hydrogen) atoms. The first kappa shape index (κ1) is 21.7. The van der Waals surface area contributed by atoms with E-state index in [2.05, 4.69) is 29.6 Å². The Morgan fingerprint density at radius 1 is 0.967 bits per heavy atom. The predicted molar refractivity (Wildman–Crippen MR) is 120 cm³/mol. The van der Waals surface area contributed by atoms with E-state index in [1.54, 1.807) is 29.9 Å². The molecule has 0 saturated heterocycles. The van der Waals surface area contributed by atoms with E-state index in [-0.39, 0.29) is 11.4 Å². The molecule has 5 heteroatoms.